The second-order valence-corrected chi connectivity index (χ2v) is 5.19. The van der Waals surface area contributed by atoms with Crippen molar-refractivity contribution in [1.82, 2.24) is 10.2 Å². The van der Waals surface area contributed by atoms with Crippen LogP contribution in [0.4, 0.5) is 5.69 Å². The van der Waals surface area contributed by atoms with Crippen molar-refractivity contribution in [2.45, 2.75) is 6.92 Å². The van der Waals surface area contributed by atoms with Gasteiger partial charge < -0.3 is 15.5 Å². The summed E-state index contributed by atoms with van der Waals surface area (Å²) in [5, 5.41) is 28.6. The molecule has 1 heterocycles. The van der Waals surface area contributed by atoms with Crippen LogP contribution in [0.5, 0.6) is 11.5 Å². The lowest BCUT2D eigenvalue weighted by Gasteiger charge is -2.04. The summed E-state index contributed by atoms with van der Waals surface area (Å²) >= 11 is 0. The van der Waals surface area contributed by atoms with E-state index in [1.165, 1.54) is 24.3 Å². The van der Waals surface area contributed by atoms with E-state index in [9.17, 15) is 15.0 Å². The first kappa shape index (κ1) is 14.6. The molecule has 0 bridgehead atoms. The van der Waals surface area contributed by atoms with Crippen LogP contribution >= 0.6 is 0 Å². The molecule has 0 spiro atoms. The molecule has 0 saturated carbocycles. The van der Waals surface area contributed by atoms with Gasteiger partial charge in [0.2, 0.25) is 0 Å². The number of aromatic hydroxyl groups is 2. The molecular formula is C17H15N3O3. The third-order valence-electron chi connectivity index (χ3n) is 3.36. The second-order valence-electron chi connectivity index (χ2n) is 5.19. The van der Waals surface area contributed by atoms with Gasteiger partial charge in [-0.2, -0.15) is 5.10 Å². The first-order valence-electron chi connectivity index (χ1n) is 6.99. The zero-order valence-electron chi connectivity index (χ0n) is 12.4. The van der Waals surface area contributed by atoms with Gasteiger partial charge in [0.1, 0.15) is 17.2 Å². The lowest BCUT2D eigenvalue weighted by Crippen LogP contribution is -2.12. The molecule has 0 saturated heterocycles. The average Bonchev–Trinajstić information content (AvgIpc) is 2.97. The topological polar surface area (TPSA) is 98.2 Å². The summed E-state index contributed by atoms with van der Waals surface area (Å²) in [5.41, 5.74) is 2.85. The Morgan fingerprint density at radius 2 is 1.96 bits per heavy atom. The molecule has 1 aromatic heterocycles. The highest BCUT2D eigenvalue weighted by Crippen LogP contribution is 2.31. The number of anilines is 1. The first-order valence-corrected chi connectivity index (χ1v) is 6.99. The monoisotopic (exact) mass is 309 g/mol. The number of hydrogen-bond donors (Lipinski definition) is 4. The van der Waals surface area contributed by atoms with E-state index < -0.39 is 0 Å². The maximum Gasteiger partial charge on any atom is 0.273 e. The molecule has 6 nitrogen and oxygen atoms in total. The van der Waals surface area contributed by atoms with E-state index in [0.717, 1.165) is 5.56 Å². The van der Waals surface area contributed by atoms with Crippen molar-refractivity contribution in [3.05, 3.63) is 59.8 Å². The lowest BCUT2D eigenvalue weighted by atomic mass is 10.1. The Hall–Kier alpha value is -3.28. The molecule has 0 radical (unpaired) electrons. The summed E-state index contributed by atoms with van der Waals surface area (Å²) in [6.45, 7) is 1.94. The summed E-state index contributed by atoms with van der Waals surface area (Å²) in [6.07, 6.45) is 0. The predicted octanol–water partition coefficient (Wildman–Crippen LogP) is 3.05. The minimum absolute atomic E-state index is 0.0424. The number of nitrogens with zero attached hydrogens (tertiary/aromatic N) is 1. The van der Waals surface area contributed by atoms with Crippen molar-refractivity contribution in [2.24, 2.45) is 0 Å². The average molecular weight is 309 g/mol. The SMILES string of the molecule is Cc1cccc(NC(=O)c2cc(-c3ccc(O)cc3O)n[nH]2)c1. The van der Waals surface area contributed by atoms with E-state index in [2.05, 4.69) is 15.5 Å². The largest absolute Gasteiger partial charge is 0.508 e. The van der Waals surface area contributed by atoms with E-state index in [-0.39, 0.29) is 23.1 Å². The summed E-state index contributed by atoms with van der Waals surface area (Å²) in [5.74, 6) is -0.478. The zero-order chi connectivity index (χ0) is 16.4. The highest BCUT2D eigenvalue weighted by molar-refractivity contribution is 6.03. The number of aromatic nitrogens is 2. The Balaban J connectivity index is 1.82. The number of aromatic amines is 1. The van der Waals surface area contributed by atoms with Gasteiger partial charge >= 0.3 is 0 Å². The van der Waals surface area contributed by atoms with Crippen LogP contribution in [0.25, 0.3) is 11.3 Å². The molecule has 23 heavy (non-hydrogen) atoms. The normalized spacial score (nSPS) is 10.5. The summed E-state index contributed by atoms with van der Waals surface area (Å²) in [4.78, 5) is 12.2. The molecular weight excluding hydrogens is 294 g/mol. The number of carbonyl (C=O) groups excluding carboxylic acids is 1. The third-order valence-corrected chi connectivity index (χ3v) is 3.36. The van der Waals surface area contributed by atoms with Gasteiger partial charge in [-0.15, -0.1) is 0 Å². The van der Waals surface area contributed by atoms with E-state index in [1.54, 1.807) is 6.07 Å². The molecule has 2 aromatic carbocycles. The van der Waals surface area contributed by atoms with Crippen LogP contribution in [0.1, 0.15) is 16.1 Å². The van der Waals surface area contributed by atoms with Crippen LogP contribution in [0.2, 0.25) is 0 Å². The van der Waals surface area contributed by atoms with Crippen molar-refractivity contribution >= 4 is 11.6 Å². The van der Waals surface area contributed by atoms with Gasteiger partial charge in [0.05, 0.1) is 5.69 Å². The van der Waals surface area contributed by atoms with Crippen LogP contribution < -0.4 is 5.32 Å². The second kappa shape index (κ2) is 5.84. The maximum atomic E-state index is 12.2. The number of hydrogen-bond acceptors (Lipinski definition) is 4. The van der Waals surface area contributed by atoms with Crippen molar-refractivity contribution in [2.75, 3.05) is 5.32 Å². The molecule has 116 valence electrons. The van der Waals surface area contributed by atoms with Crippen LogP contribution in [-0.2, 0) is 0 Å². The minimum atomic E-state index is -0.326. The third kappa shape index (κ3) is 3.16. The van der Waals surface area contributed by atoms with Crippen LogP contribution in [0, 0.1) is 6.92 Å². The first-order chi connectivity index (χ1) is 11.0. The minimum Gasteiger partial charge on any atom is -0.508 e. The Bertz CT molecular complexity index is 871. The van der Waals surface area contributed by atoms with Gasteiger partial charge in [0.15, 0.2) is 0 Å². The van der Waals surface area contributed by atoms with Crippen molar-refractivity contribution in [3.63, 3.8) is 0 Å². The van der Waals surface area contributed by atoms with Crippen LogP contribution in [0.15, 0.2) is 48.5 Å². The van der Waals surface area contributed by atoms with Crippen molar-refractivity contribution in [3.8, 4) is 22.8 Å². The number of nitrogens with one attached hydrogen (secondary N) is 2. The number of carbonyl (C=O) groups is 1. The van der Waals surface area contributed by atoms with Gasteiger partial charge in [0, 0.05) is 17.3 Å². The van der Waals surface area contributed by atoms with Crippen molar-refractivity contribution < 1.29 is 15.0 Å². The fourth-order valence-corrected chi connectivity index (χ4v) is 2.23. The number of phenolic OH excluding ortho intramolecular Hbond substituents is 2. The predicted molar refractivity (Wildman–Crippen MR) is 86.5 cm³/mol. The maximum absolute atomic E-state index is 12.2. The van der Waals surface area contributed by atoms with Crippen LogP contribution in [0.3, 0.4) is 0 Å². The number of aryl methyl sites for hydroxylation is 1. The summed E-state index contributed by atoms with van der Waals surface area (Å²) < 4.78 is 0. The van der Waals surface area contributed by atoms with Crippen LogP contribution in [-0.4, -0.2) is 26.3 Å². The molecule has 1 amide bonds. The van der Waals surface area contributed by atoms with Gasteiger partial charge in [0.25, 0.3) is 5.91 Å². The van der Waals surface area contributed by atoms with E-state index in [1.807, 2.05) is 25.1 Å². The molecule has 3 rings (SSSR count). The Labute approximate surface area is 132 Å². The number of benzene rings is 2. The lowest BCUT2D eigenvalue weighted by molar-refractivity contribution is 0.102. The molecule has 6 heteroatoms. The molecule has 3 aromatic rings. The molecule has 4 N–H and O–H groups in total. The molecule has 0 unspecified atom stereocenters. The molecule has 0 aliphatic carbocycles. The highest BCUT2D eigenvalue weighted by Gasteiger charge is 2.14. The Morgan fingerprint density at radius 3 is 2.70 bits per heavy atom. The Kier molecular flexibility index (Phi) is 3.72. The number of rotatable bonds is 3. The molecule has 0 atom stereocenters. The number of amides is 1. The zero-order valence-corrected chi connectivity index (χ0v) is 12.4. The molecule has 0 aliphatic rings. The van der Waals surface area contributed by atoms with Crippen molar-refractivity contribution in [1.29, 1.82) is 0 Å². The quantitative estimate of drug-likeness (QED) is 0.597. The van der Waals surface area contributed by atoms with Gasteiger partial charge in [-0.25, -0.2) is 0 Å². The summed E-state index contributed by atoms with van der Waals surface area (Å²) in [7, 11) is 0. The van der Waals surface area contributed by atoms with Gasteiger partial charge in [-0.05, 0) is 42.8 Å². The number of H-pyrrole nitrogens is 1. The van der Waals surface area contributed by atoms with E-state index in [4.69, 9.17) is 0 Å². The van der Waals surface area contributed by atoms with E-state index >= 15 is 0 Å². The summed E-state index contributed by atoms with van der Waals surface area (Å²) in [6, 6.07) is 13.2. The smallest absolute Gasteiger partial charge is 0.273 e. The fraction of sp³-hybridized carbons (Fsp3) is 0.0588. The number of phenols is 2. The Morgan fingerprint density at radius 1 is 1.13 bits per heavy atom. The standard InChI is InChI=1S/C17H15N3O3/c1-10-3-2-4-11(7-10)18-17(23)15-9-14(19-20-15)13-6-5-12(21)8-16(13)22/h2-9,21-22H,1H3,(H,18,23)(H,19,20). The van der Waals surface area contributed by atoms with Gasteiger partial charge in [-0.1, -0.05) is 12.1 Å². The fourth-order valence-electron chi connectivity index (χ4n) is 2.23. The van der Waals surface area contributed by atoms with Gasteiger partial charge in [-0.3, -0.25) is 9.89 Å². The molecule has 0 aliphatic heterocycles. The molecule has 0 fully saturated rings. The van der Waals surface area contributed by atoms with E-state index in [0.29, 0.717) is 16.9 Å². The highest BCUT2D eigenvalue weighted by atomic mass is 16.3.